The van der Waals surface area contributed by atoms with Crippen molar-refractivity contribution in [2.75, 3.05) is 17.7 Å². The van der Waals surface area contributed by atoms with Crippen LogP contribution in [0.2, 0.25) is 0 Å². The minimum absolute atomic E-state index is 0.256. The molecule has 0 spiro atoms. The SMILES string of the molecule is CNc1cc(F)cc2c1[nH]c1ccc(Nc3cccnc3)cc12. The molecule has 4 rings (SSSR count). The van der Waals surface area contributed by atoms with Crippen molar-refractivity contribution < 1.29 is 4.39 Å². The second-order valence-electron chi connectivity index (χ2n) is 5.38. The van der Waals surface area contributed by atoms with Gasteiger partial charge < -0.3 is 15.6 Å². The fraction of sp³-hybridized carbons (Fsp3) is 0.0556. The molecule has 4 nitrogen and oxygen atoms in total. The number of aromatic amines is 1. The van der Waals surface area contributed by atoms with Gasteiger partial charge in [0.2, 0.25) is 0 Å². The first-order chi connectivity index (χ1) is 11.2. The van der Waals surface area contributed by atoms with E-state index < -0.39 is 0 Å². The van der Waals surface area contributed by atoms with Gasteiger partial charge >= 0.3 is 0 Å². The molecule has 5 heteroatoms. The molecular formula is C18H15FN4. The maximum Gasteiger partial charge on any atom is 0.126 e. The molecule has 114 valence electrons. The van der Waals surface area contributed by atoms with Crippen LogP contribution >= 0.6 is 0 Å². The van der Waals surface area contributed by atoms with Crippen LogP contribution in [0.5, 0.6) is 0 Å². The second-order valence-corrected chi connectivity index (χ2v) is 5.38. The molecule has 0 atom stereocenters. The summed E-state index contributed by atoms with van der Waals surface area (Å²) >= 11 is 0. The number of fused-ring (bicyclic) bond motifs is 3. The maximum atomic E-state index is 13.9. The van der Waals surface area contributed by atoms with Gasteiger partial charge in [-0.2, -0.15) is 0 Å². The van der Waals surface area contributed by atoms with Crippen molar-refractivity contribution in [3.63, 3.8) is 0 Å². The van der Waals surface area contributed by atoms with E-state index in [1.807, 2.05) is 30.3 Å². The molecule has 0 aliphatic rings. The summed E-state index contributed by atoms with van der Waals surface area (Å²) in [5, 5.41) is 8.18. The molecule has 0 unspecified atom stereocenters. The van der Waals surface area contributed by atoms with E-state index in [9.17, 15) is 4.39 Å². The van der Waals surface area contributed by atoms with Gasteiger partial charge in [-0.25, -0.2) is 4.39 Å². The molecule has 0 radical (unpaired) electrons. The predicted molar refractivity (Wildman–Crippen MR) is 92.8 cm³/mol. The molecule has 0 aliphatic carbocycles. The average Bonchev–Trinajstić information content (AvgIpc) is 2.93. The fourth-order valence-corrected chi connectivity index (χ4v) is 2.84. The third-order valence-electron chi connectivity index (χ3n) is 3.89. The van der Waals surface area contributed by atoms with Gasteiger partial charge in [-0.15, -0.1) is 0 Å². The van der Waals surface area contributed by atoms with Crippen molar-refractivity contribution in [1.82, 2.24) is 9.97 Å². The van der Waals surface area contributed by atoms with Crippen molar-refractivity contribution >= 4 is 38.9 Å². The van der Waals surface area contributed by atoms with E-state index in [0.717, 1.165) is 38.9 Å². The number of aromatic nitrogens is 2. The van der Waals surface area contributed by atoms with Crippen LogP contribution in [-0.4, -0.2) is 17.0 Å². The highest BCUT2D eigenvalue weighted by atomic mass is 19.1. The largest absolute Gasteiger partial charge is 0.386 e. The molecule has 0 fully saturated rings. The van der Waals surface area contributed by atoms with Gasteiger partial charge in [0.05, 0.1) is 23.1 Å². The second kappa shape index (κ2) is 5.28. The lowest BCUT2D eigenvalue weighted by Gasteiger charge is -2.06. The van der Waals surface area contributed by atoms with Crippen LogP contribution in [0.15, 0.2) is 54.9 Å². The minimum Gasteiger partial charge on any atom is -0.386 e. The first-order valence-electron chi connectivity index (χ1n) is 7.34. The molecular weight excluding hydrogens is 291 g/mol. The Morgan fingerprint density at radius 3 is 2.74 bits per heavy atom. The van der Waals surface area contributed by atoms with Gasteiger partial charge in [0.1, 0.15) is 5.82 Å². The smallest absolute Gasteiger partial charge is 0.126 e. The quantitative estimate of drug-likeness (QED) is 0.517. The lowest BCUT2D eigenvalue weighted by Crippen LogP contribution is -1.90. The van der Waals surface area contributed by atoms with Crippen molar-refractivity contribution in [3.05, 3.63) is 60.7 Å². The molecule has 2 aromatic heterocycles. The predicted octanol–water partition coefficient (Wildman–Crippen LogP) is 4.64. The number of nitrogens with one attached hydrogen (secondary N) is 3. The van der Waals surface area contributed by atoms with E-state index in [-0.39, 0.29) is 5.82 Å². The van der Waals surface area contributed by atoms with E-state index in [0.29, 0.717) is 0 Å². The van der Waals surface area contributed by atoms with Crippen LogP contribution in [-0.2, 0) is 0 Å². The standard InChI is InChI=1S/C18H15FN4/c1-20-17-8-11(19)7-15-14-9-12(4-5-16(14)23-18(15)17)22-13-3-2-6-21-10-13/h2-10,20,22-23H,1H3. The molecule has 0 amide bonds. The third kappa shape index (κ3) is 2.36. The molecule has 0 bridgehead atoms. The Balaban J connectivity index is 1.87. The van der Waals surface area contributed by atoms with Crippen LogP contribution in [0.3, 0.4) is 0 Å². The topological polar surface area (TPSA) is 52.7 Å². The number of hydrogen-bond donors (Lipinski definition) is 3. The molecule has 3 N–H and O–H groups in total. The van der Waals surface area contributed by atoms with Gasteiger partial charge in [-0.1, -0.05) is 0 Å². The first-order valence-corrected chi connectivity index (χ1v) is 7.34. The summed E-state index contributed by atoms with van der Waals surface area (Å²) < 4.78 is 13.9. The number of H-pyrrole nitrogens is 1. The molecule has 0 saturated carbocycles. The van der Waals surface area contributed by atoms with E-state index >= 15 is 0 Å². The van der Waals surface area contributed by atoms with Gasteiger partial charge in [-0.05, 0) is 42.5 Å². The number of rotatable bonds is 3. The molecule has 2 heterocycles. The highest BCUT2D eigenvalue weighted by Crippen LogP contribution is 2.33. The summed E-state index contributed by atoms with van der Waals surface area (Å²) in [6.07, 6.45) is 3.49. The van der Waals surface area contributed by atoms with Crippen molar-refractivity contribution in [3.8, 4) is 0 Å². The monoisotopic (exact) mass is 306 g/mol. The van der Waals surface area contributed by atoms with Crippen molar-refractivity contribution in [2.45, 2.75) is 0 Å². The van der Waals surface area contributed by atoms with E-state index in [1.54, 1.807) is 25.5 Å². The van der Waals surface area contributed by atoms with Crippen LogP contribution < -0.4 is 10.6 Å². The summed E-state index contributed by atoms with van der Waals surface area (Å²) in [6, 6.07) is 12.9. The Morgan fingerprint density at radius 2 is 1.96 bits per heavy atom. The number of halogens is 1. The molecule has 4 aromatic rings. The number of pyridine rings is 1. The number of benzene rings is 2. The van der Waals surface area contributed by atoms with Crippen LogP contribution in [0.25, 0.3) is 21.8 Å². The number of hydrogen-bond acceptors (Lipinski definition) is 3. The van der Waals surface area contributed by atoms with Gasteiger partial charge in [0.25, 0.3) is 0 Å². The molecule has 0 saturated heterocycles. The lowest BCUT2D eigenvalue weighted by atomic mass is 10.1. The Labute approximate surface area is 132 Å². The van der Waals surface area contributed by atoms with Crippen molar-refractivity contribution in [2.24, 2.45) is 0 Å². The normalized spacial score (nSPS) is 11.0. The fourth-order valence-electron chi connectivity index (χ4n) is 2.84. The number of anilines is 3. The Bertz CT molecular complexity index is 992. The summed E-state index contributed by atoms with van der Waals surface area (Å²) in [5.74, 6) is -0.256. The lowest BCUT2D eigenvalue weighted by molar-refractivity contribution is 0.630. The van der Waals surface area contributed by atoms with E-state index in [2.05, 4.69) is 20.6 Å². The number of nitrogens with zero attached hydrogens (tertiary/aromatic N) is 1. The highest BCUT2D eigenvalue weighted by molar-refractivity contribution is 6.12. The zero-order valence-corrected chi connectivity index (χ0v) is 12.5. The zero-order chi connectivity index (χ0) is 15.8. The third-order valence-corrected chi connectivity index (χ3v) is 3.89. The van der Waals surface area contributed by atoms with Gasteiger partial charge in [0.15, 0.2) is 0 Å². The minimum atomic E-state index is -0.256. The van der Waals surface area contributed by atoms with Gasteiger partial charge in [0, 0.05) is 35.2 Å². The highest BCUT2D eigenvalue weighted by Gasteiger charge is 2.10. The summed E-state index contributed by atoms with van der Waals surface area (Å²) in [7, 11) is 1.79. The zero-order valence-electron chi connectivity index (χ0n) is 12.5. The molecule has 23 heavy (non-hydrogen) atoms. The Hall–Kier alpha value is -3.08. The molecule has 0 aliphatic heterocycles. The summed E-state index contributed by atoms with van der Waals surface area (Å²) in [4.78, 5) is 7.44. The van der Waals surface area contributed by atoms with Crippen molar-refractivity contribution in [1.29, 1.82) is 0 Å². The van der Waals surface area contributed by atoms with E-state index in [1.165, 1.54) is 6.07 Å². The summed E-state index contributed by atoms with van der Waals surface area (Å²) in [5.41, 5.74) is 4.47. The average molecular weight is 306 g/mol. The van der Waals surface area contributed by atoms with Crippen LogP contribution in [0, 0.1) is 5.82 Å². The van der Waals surface area contributed by atoms with E-state index in [4.69, 9.17) is 0 Å². The molecule has 2 aromatic carbocycles. The first kappa shape index (κ1) is 13.6. The van der Waals surface area contributed by atoms with Crippen LogP contribution in [0.1, 0.15) is 0 Å². The summed E-state index contributed by atoms with van der Waals surface area (Å²) in [6.45, 7) is 0. The maximum absolute atomic E-state index is 13.9. The van der Waals surface area contributed by atoms with Crippen LogP contribution in [0.4, 0.5) is 21.5 Å². The Kier molecular flexibility index (Phi) is 3.12. The van der Waals surface area contributed by atoms with Gasteiger partial charge in [-0.3, -0.25) is 4.98 Å². The Morgan fingerprint density at radius 1 is 1.04 bits per heavy atom.